The highest BCUT2D eigenvalue weighted by Gasteiger charge is 2.20. The molecule has 6 rings (SSSR count). The molecule has 0 unspecified atom stereocenters. The Bertz CT molecular complexity index is 1580. The molecular weight excluding hydrogens is 550 g/mol. The van der Waals surface area contributed by atoms with Gasteiger partial charge in [-0.15, -0.1) is 0 Å². The summed E-state index contributed by atoms with van der Waals surface area (Å²) in [6.07, 6.45) is 7.76. The van der Waals surface area contributed by atoms with Crippen LogP contribution >= 0.6 is 0 Å². The van der Waals surface area contributed by atoms with Crippen LogP contribution in [0.25, 0.3) is 28.1 Å². The maximum absolute atomic E-state index is 12.0. The Morgan fingerprint density at radius 2 is 1.48 bits per heavy atom. The second-order valence-electron chi connectivity index (χ2n) is 11.5. The number of β-amino-alcohol motifs (C(OH)–C–C–N with tert-alkyl or cyclic N) is 1. The lowest BCUT2D eigenvalue weighted by atomic mass is 9.91. The van der Waals surface area contributed by atoms with E-state index in [1.807, 2.05) is 48.8 Å². The van der Waals surface area contributed by atoms with E-state index in [1.165, 1.54) is 5.56 Å². The summed E-state index contributed by atoms with van der Waals surface area (Å²) in [4.78, 5) is 28.4. The minimum Gasteiger partial charge on any atom is -0.478 e. The van der Waals surface area contributed by atoms with E-state index in [-0.39, 0.29) is 6.61 Å². The van der Waals surface area contributed by atoms with E-state index in [0.717, 1.165) is 85.6 Å². The molecule has 0 saturated carbocycles. The van der Waals surface area contributed by atoms with Gasteiger partial charge in [0, 0.05) is 57.9 Å². The van der Waals surface area contributed by atoms with E-state index < -0.39 is 5.97 Å². The Balaban J connectivity index is 1.09. The van der Waals surface area contributed by atoms with Gasteiger partial charge in [0.05, 0.1) is 30.3 Å². The van der Waals surface area contributed by atoms with Crippen molar-refractivity contribution in [2.45, 2.75) is 12.8 Å². The zero-order chi connectivity index (χ0) is 30.3. The van der Waals surface area contributed by atoms with Gasteiger partial charge in [-0.3, -0.25) is 9.80 Å². The zero-order valence-corrected chi connectivity index (χ0v) is 25.0. The number of carboxylic acids is 1. The number of rotatable bonds is 10. The van der Waals surface area contributed by atoms with Crippen LogP contribution in [-0.4, -0.2) is 94.9 Å². The molecular formula is C36H39N5O3. The largest absolute Gasteiger partial charge is 0.478 e. The molecule has 2 N–H and O–H groups in total. The molecule has 2 aliphatic heterocycles. The van der Waals surface area contributed by atoms with Gasteiger partial charge in [0.1, 0.15) is 0 Å². The molecule has 3 heterocycles. The normalized spacial score (nSPS) is 16.1. The third-order valence-electron chi connectivity index (χ3n) is 8.72. The van der Waals surface area contributed by atoms with Gasteiger partial charge in [0.15, 0.2) is 5.82 Å². The molecule has 1 aromatic heterocycles. The summed E-state index contributed by atoms with van der Waals surface area (Å²) in [6, 6.07) is 24.3. The number of anilines is 1. The van der Waals surface area contributed by atoms with Crippen LogP contribution in [0.15, 0.2) is 91.3 Å². The maximum atomic E-state index is 12.0. The smallest absolute Gasteiger partial charge is 0.336 e. The summed E-state index contributed by atoms with van der Waals surface area (Å²) in [5, 5.41) is 19.1. The van der Waals surface area contributed by atoms with Gasteiger partial charge in [0.2, 0.25) is 0 Å². The summed E-state index contributed by atoms with van der Waals surface area (Å²) >= 11 is 0. The van der Waals surface area contributed by atoms with E-state index in [4.69, 9.17) is 0 Å². The van der Waals surface area contributed by atoms with Gasteiger partial charge in [-0.1, -0.05) is 66.7 Å². The maximum Gasteiger partial charge on any atom is 0.336 e. The molecule has 3 aromatic carbocycles. The fourth-order valence-electron chi connectivity index (χ4n) is 6.08. The summed E-state index contributed by atoms with van der Waals surface area (Å²) in [6.45, 7) is 7.33. The van der Waals surface area contributed by atoms with E-state index in [0.29, 0.717) is 24.5 Å². The lowest BCUT2D eigenvalue weighted by Crippen LogP contribution is -2.47. The van der Waals surface area contributed by atoms with Crippen LogP contribution in [-0.2, 0) is 6.42 Å². The number of benzene rings is 3. The Hall–Kier alpha value is -4.37. The average molecular weight is 590 g/mol. The van der Waals surface area contributed by atoms with Crippen molar-refractivity contribution in [3.8, 4) is 22.5 Å². The monoisotopic (exact) mass is 589 g/mol. The number of aromatic carboxylic acids is 1. The van der Waals surface area contributed by atoms with Crippen molar-refractivity contribution in [3.05, 3.63) is 108 Å². The SMILES string of the molecule is O=C(O)c1ccc(-c2ccc(-c3ncc(N4CCN(CCc5ccccc5)CC4)cn3)cc2)cc1C1=CCN(CCO)CC1. The van der Waals surface area contributed by atoms with Gasteiger partial charge in [-0.25, -0.2) is 14.8 Å². The fraction of sp³-hybridized carbons (Fsp3) is 0.306. The number of hydrogen-bond acceptors (Lipinski definition) is 7. The summed E-state index contributed by atoms with van der Waals surface area (Å²) in [5.41, 5.74) is 7.46. The molecule has 8 heteroatoms. The molecule has 2 aliphatic rings. The van der Waals surface area contributed by atoms with Crippen LogP contribution in [0, 0.1) is 0 Å². The Morgan fingerprint density at radius 3 is 2.14 bits per heavy atom. The molecule has 1 fully saturated rings. The summed E-state index contributed by atoms with van der Waals surface area (Å²) < 4.78 is 0. The number of aliphatic hydroxyl groups is 1. The molecule has 0 atom stereocenters. The highest BCUT2D eigenvalue weighted by Crippen LogP contribution is 2.31. The van der Waals surface area contributed by atoms with Crippen LogP contribution in [0.1, 0.15) is 27.9 Å². The highest BCUT2D eigenvalue weighted by atomic mass is 16.4. The van der Waals surface area contributed by atoms with E-state index in [9.17, 15) is 15.0 Å². The summed E-state index contributed by atoms with van der Waals surface area (Å²) in [5.74, 6) is -0.241. The quantitative estimate of drug-likeness (QED) is 0.268. The number of aliphatic hydroxyl groups excluding tert-OH is 1. The van der Waals surface area contributed by atoms with Crippen LogP contribution in [0.3, 0.4) is 0 Å². The van der Waals surface area contributed by atoms with E-state index in [2.05, 4.69) is 61.1 Å². The minimum atomic E-state index is -0.925. The second kappa shape index (κ2) is 13.9. The predicted octanol–water partition coefficient (Wildman–Crippen LogP) is 4.95. The first-order valence-corrected chi connectivity index (χ1v) is 15.4. The van der Waals surface area contributed by atoms with Crippen LogP contribution in [0.2, 0.25) is 0 Å². The van der Waals surface area contributed by atoms with Crippen LogP contribution < -0.4 is 4.90 Å². The van der Waals surface area contributed by atoms with Crippen molar-refractivity contribution in [3.63, 3.8) is 0 Å². The number of carboxylic acid groups (broad SMARTS) is 1. The molecule has 0 radical (unpaired) electrons. The topological polar surface area (TPSA) is 93.0 Å². The molecule has 4 aromatic rings. The lowest BCUT2D eigenvalue weighted by molar-refractivity contribution is 0.0696. The lowest BCUT2D eigenvalue weighted by Gasteiger charge is -2.35. The first-order chi connectivity index (χ1) is 21.6. The van der Waals surface area contributed by atoms with Gasteiger partial charge in [-0.2, -0.15) is 0 Å². The Morgan fingerprint density at radius 1 is 0.773 bits per heavy atom. The molecule has 226 valence electrons. The fourth-order valence-corrected chi connectivity index (χ4v) is 6.08. The molecule has 8 nitrogen and oxygen atoms in total. The zero-order valence-electron chi connectivity index (χ0n) is 25.0. The molecule has 0 aliphatic carbocycles. The number of carbonyl (C=O) groups is 1. The van der Waals surface area contributed by atoms with Crippen molar-refractivity contribution >= 4 is 17.2 Å². The predicted molar refractivity (Wildman–Crippen MR) is 175 cm³/mol. The van der Waals surface area contributed by atoms with Crippen LogP contribution in [0.5, 0.6) is 0 Å². The molecule has 1 saturated heterocycles. The van der Waals surface area contributed by atoms with Crippen LogP contribution in [0.4, 0.5) is 5.69 Å². The Labute approximate surface area is 258 Å². The van der Waals surface area contributed by atoms with Gasteiger partial charge >= 0.3 is 5.97 Å². The summed E-state index contributed by atoms with van der Waals surface area (Å²) in [7, 11) is 0. The van der Waals surface area contributed by atoms with Crippen molar-refractivity contribution in [2.24, 2.45) is 0 Å². The average Bonchev–Trinajstić information content (AvgIpc) is 3.08. The second-order valence-corrected chi connectivity index (χ2v) is 11.5. The molecule has 0 amide bonds. The van der Waals surface area contributed by atoms with Crippen molar-refractivity contribution in [1.29, 1.82) is 0 Å². The van der Waals surface area contributed by atoms with Gasteiger partial charge in [-0.05, 0) is 52.8 Å². The van der Waals surface area contributed by atoms with Crippen molar-refractivity contribution < 1.29 is 15.0 Å². The van der Waals surface area contributed by atoms with Crippen molar-refractivity contribution in [2.75, 3.05) is 63.9 Å². The van der Waals surface area contributed by atoms with Gasteiger partial charge < -0.3 is 15.1 Å². The number of hydrogen-bond donors (Lipinski definition) is 2. The third kappa shape index (κ3) is 7.05. The van der Waals surface area contributed by atoms with E-state index >= 15 is 0 Å². The Kier molecular flexibility index (Phi) is 9.41. The van der Waals surface area contributed by atoms with Gasteiger partial charge in [0.25, 0.3) is 0 Å². The molecule has 44 heavy (non-hydrogen) atoms. The first kappa shape index (κ1) is 29.7. The third-order valence-corrected chi connectivity index (χ3v) is 8.72. The highest BCUT2D eigenvalue weighted by molar-refractivity contribution is 5.95. The molecule has 0 spiro atoms. The number of piperazine rings is 1. The minimum absolute atomic E-state index is 0.122. The number of nitrogens with zero attached hydrogens (tertiary/aromatic N) is 5. The molecule has 0 bridgehead atoms. The standard InChI is InChI=1S/C36H39N5O3/c42-23-22-39-16-13-29(14-17-39)34-24-31(10-11-33(34)36(43)44)28-6-8-30(9-7-28)35-37-25-32(26-38-35)41-20-18-40(19-21-41)15-12-27-4-2-1-3-5-27/h1-11,13,24-26,42H,12,14-23H2,(H,43,44). The van der Waals surface area contributed by atoms with Crippen molar-refractivity contribution in [1.82, 2.24) is 19.8 Å². The number of aromatic nitrogens is 2. The van der Waals surface area contributed by atoms with E-state index in [1.54, 1.807) is 6.07 Å². The first-order valence-electron chi connectivity index (χ1n) is 15.4.